The summed E-state index contributed by atoms with van der Waals surface area (Å²) in [5, 5.41) is 2.44. The minimum Gasteiger partial charge on any atom is -0.451 e. The van der Waals surface area contributed by atoms with E-state index in [1.54, 1.807) is 31.2 Å². The predicted molar refractivity (Wildman–Crippen MR) is 100 cm³/mol. The monoisotopic (exact) mass is 370 g/mol. The van der Waals surface area contributed by atoms with Crippen LogP contribution in [0.4, 0.5) is 10.5 Å². The summed E-state index contributed by atoms with van der Waals surface area (Å²) in [6, 6.07) is 5.59. The fourth-order valence-electron chi connectivity index (χ4n) is 5.96. The summed E-state index contributed by atoms with van der Waals surface area (Å²) in [5.41, 5.74) is 5.63. The fraction of sp³-hybridized carbons (Fsp3) is 0.571. The lowest BCUT2D eigenvalue weighted by Gasteiger charge is -2.56. The van der Waals surface area contributed by atoms with Crippen molar-refractivity contribution >= 4 is 23.5 Å². The Morgan fingerprint density at radius 3 is 2.04 bits per heavy atom. The molecule has 144 valence electrons. The van der Waals surface area contributed by atoms with Crippen molar-refractivity contribution in [3.8, 4) is 0 Å². The second kappa shape index (κ2) is 6.66. The van der Waals surface area contributed by atoms with E-state index in [1.807, 2.05) is 0 Å². The van der Waals surface area contributed by atoms with Crippen molar-refractivity contribution in [2.75, 3.05) is 5.32 Å². The molecule has 6 nitrogen and oxygen atoms in total. The normalized spacial score (nSPS) is 32.0. The van der Waals surface area contributed by atoms with Crippen LogP contribution in [-0.2, 0) is 9.53 Å². The van der Waals surface area contributed by atoms with Gasteiger partial charge in [-0.05, 0) is 87.5 Å². The molecule has 4 aliphatic rings. The number of amides is 2. The molecule has 4 aliphatic carbocycles. The Hall–Kier alpha value is -2.37. The number of urea groups is 1. The molecular formula is C21H26N2O4. The summed E-state index contributed by atoms with van der Waals surface area (Å²) >= 11 is 0. The first kappa shape index (κ1) is 18.0. The lowest BCUT2D eigenvalue weighted by molar-refractivity contribution is -0.152. The Morgan fingerprint density at radius 2 is 1.56 bits per heavy atom. The van der Waals surface area contributed by atoms with Crippen molar-refractivity contribution in [1.29, 1.82) is 0 Å². The van der Waals surface area contributed by atoms with Crippen molar-refractivity contribution in [2.24, 2.45) is 28.9 Å². The number of rotatable bonds is 5. The summed E-state index contributed by atoms with van der Waals surface area (Å²) in [7, 11) is 0. The van der Waals surface area contributed by atoms with Gasteiger partial charge >= 0.3 is 12.0 Å². The van der Waals surface area contributed by atoms with Crippen LogP contribution in [0.2, 0.25) is 0 Å². The van der Waals surface area contributed by atoms with E-state index in [2.05, 4.69) is 5.32 Å². The fourth-order valence-corrected chi connectivity index (χ4v) is 5.96. The first-order chi connectivity index (χ1) is 12.8. The van der Waals surface area contributed by atoms with E-state index in [1.165, 1.54) is 19.3 Å². The quantitative estimate of drug-likeness (QED) is 0.775. The number of anilines is 1. The maximum absolute atomic E-state index is 13.2. The molecule has 0 saturated heterocycles. The number of hydrogen-bond donors (Lipinski definition) is 2. The molecule has 1 atom stereocenters. The van der Waals surface area contributed by atoms with E-state index < -0.39 is 18.1 Å². The summed E-state index contributed by atoms with van der Waals surface area (Å²) in [6.45, 7) is 1.70. The van der Waals surface area contributed by atoms with Crippen LogP contribution in [0.15, 0.2) is 24.3 Å². The molecule has 4 bridgehead atoms. The number of carbonyl (C=O) groups is 3. The Morgan fingerprint density at radius 1 is 1.04 bits per heavy atom. The molecule has 5 rings (SSSR count). The minimum absolute atomic E-state index is 0.0990. The molecular weight excluding hydrogens is 344 g/mol. The lowest BCUT2D eigenvalue weighted by atomic mass is 9.48. The van der Waals surface area contributed by atoms with Gasteiger partial charge in [0.1, 0.15) is 0 Å². The molecule has 2 amide bonds. The molecule has 27 heavy (non-hydrogen) atoms. The van der Waals surface area contributed by atoms with Gasteiger partial charge in [0.25, 0.3) is 0 Å². The van der Waals surface area contributed by atoms with Gasteiger partial charge in [0.15, 0.2) is 11.9 Å². The van der Waals surface area contributed by atoms with Gasteiger partial charge in [-0.25, -0.2) is 9.59 Å². The largest absolute Gasteiger partial charge is 0.451 e. The van der Waals surface area contributed by atoms with Gasteiger partial charge in [-0.1, -0.05) is 0 Å². The summed E-state index contributed by atoms with van der Waals surface area (Å²) in [4.78, 5) is 36.5. The Bertz CT molecular complexity index is 736. The van der Waals surface area contributed by atoms with Gasteiger partial charge < -0.3 is 15.8 Å². The predicted octanol–water partition coefficient (Wildman–Crippen LogP) is 3.51. The molecule has 4 saturated carbocycles. The van der Waals surface area contributed by atoms with Gasteiger partial charge in [-0.3, -0.25) is 4.79 Å². The second-order valence-electron chi connectivity index (χ2n) is 8.68. The van der Waals surface area contributed by atoms with Gasteiger partial charge in [0.05, 0.1) is 5.56 Å². The molecule has 0 aliphatic heterocycles. The number of primary amides is 1. The molecule has 3 N–H and O–H groups in total. The molecule has 4 fully saturated rings. The third-order valence-corrected chi connectivity index (χ3v) is 6.60. The van der Waals surface area contributed by atoms with Gasteiger partial charge in [-0.15, -0.1) is 0 Å². The maximum atomic E-state index is 13.2. The molecule has 0 spiro atoms. The minimum atomic E-state index is -0.739. The summed E-state index contributed by atoms with van der Waals surface area (Å²) in [5.74, 6) is 1.60. The SMILES string of the molecule is C[C@@H](OC(=O)c1ccc(NC(N)=O)cc1)C(=O)C12CC3CC(CC(C3)C1)C2. The molecule has 0 radical (unpaired) electrons. The van der Waals surface area contributed by atoms with Crippen LogP contribution in [-0.4, -0.2) is 23.9 Å². The lowest BCUT2D eigenvalue weighted by Crippen LogP contribution is -2.52. The van der Waals surface area contributed by atoms with Crippen molar-refractivity contribution in [2.45, 2.75) is 51.6 Å². The number of benzene rings is 1. The van der Waals surface area contributed by atoms with Gasteiger partial charge in [0, 0.05) is 11.1 Å². The van der Waals surface area contributed by atoms with E-state index in [4.69, 9.17) is 10.5 Å². The van der Waals surface area contributed by atoms with Crippen molar-refractivity contribution in [3.63, 3.8) is 0 Å². The highest BCUT2D eigenvalue weighted by Crippen LogP contribution is 2.60. The molecule has 6 heteroatoms. The zero-order chi connectivity index (χ0) is 19.2. The number of Topliss-reactive ketones (excluding diaryl/α,β-unsaturated/α-hetero) is 1. The van der Waals surface area contributed by atoms with Crippen molar-refractivity contribution < 1.29 is 19.1 Å². The summed E-state index contributed by atoms with van der Waals surface area (Å²) in [6.07, 6.45) is 5.97. The first-order valence-corrected chi connectivity index (χ1v) is 9.76. The molecule has 0 unspecified atom stereocenters. The Balaban J connectivity index is 1.41. The summed E-state index contributed by atoms with van der Waals surface area (Å²) < 4.78 is 5.51. The average Bonchev–Trinajstić information content (AvgIpc) is 2.60. The van der Waals surface area contributed by atoms with Gasteiger partial charge in [0.2, 0.25) is 0 Å². The van der Waals surface area contributed by atoms with Crippen molar-refractivity contribution in [1.82, 2.24) is 0 Å². The number of nitrogens with two attached hydrogens (primary N) is 1. The number of hydrogen-bond acceptors (Lipinski definition) is 4. The van der Waals surface area contributed by atoms with Crippen molar-refractivity contribution in [3.05, 3.63) is 29.8 Å². The number of carbonyl (C=O) groups excluding carboxylic acids is 3. The van der Waals surface area contributed by atoms with E-state index >= 15 is 0 Å². The van der Waals surface area contributed by atoms with E-state index in [0.29, 0.717) is 29.0 Å². The number of ether oxygens (including phenoxy) is 1. The van der Waals surface area contributed by atoms with Crippen LogP contribution in [0, 0.1) is 23.2 Å². The number of esters is 1. The van der Waals surface area contributed by atoms with Gasteiger partial charge in [-0.2, -0.15) is 0 Å². The van der Waals surface area contributed by atoms with Crippen LogP contribution >= 0.6 is 0 Å². The van der Waals surface area contributed by atoms with Crippen LogP contribution in [0.25, 0.3) is 0 Å². The Labute approximate surface area is 158 Å². The number of ketones is 1. The third kappa shape index (κ3) is 3.45. The second-order valence-corrected chi connectivity index (χ2v) is 8.68. The van der Waals surface area contributed by atoms with E-state index in [0.717, 1.165) is 19.3 Å². The number of nitrogens with one attached hydrogen (secondary N) is 1. The van der Waals surface area contributed by atoms with Crippen LogP contribution < -0.4 is 11.1 Å². The van der Waals surface area contributed by atoms with E-state index in [-0.39, 0.29) is 11.2 Å². The standard InChI is InChI=1S/C21H26N2O4/c1-12(27-19(25)16-2-4-17(5-3-16)23-20(22)26)18(24)21-9-13-6-14(10-21)8-15(7-13)11-21/h2-5,12-15H,6-11H2,1H3,(H3,22,23,26)/t12-,13?,14?,15?,21?/m1/s1. The van der Waals surface area contributed by atoms with Crippen LogP contribution in [0.1, 0.15) is 55.8 Å². The van der Waals surface area contributed by atoms with Crippen LogP contribution in [0.5, 0.6) is 0 Å². The highest BCUT2D eigenvalue weighted by atomic mass is 16.5. The molecule has 1 aromatic carbocycles. The smallest absolute Gasteiger partial charge is 0.338 e. The maximum Gasteiger partial charge on any atom is 0.338 e. The highest BCUT2D eigenvalue weighted by molar-refractivity contribution is 5.95. The molecule has 1 aromatic rings. The zero-order valence-electron chi connectivity index (χ0n) is 15.6. The zero-order valence-corrected chi connectivity index (χ0v) is 15.6. The molecule has 0 heterocycles. The first-order valence-electron chi connectivity index (χ1n) is 9.76. The highest BCUT2D eigenvalue weighted by Gasteiger charge is 2.55. The third-order valence-electron chi connectivity index (χ3n) is 6.60. The Kier molecular flexibility index (Phi) is 4.44. The molecule has 0 aromatic heterocycles. The topological polar surface area (TPSA) is 98.5 Å². The van der Waals surface area contributed by atoms with Crippen LogP contribution in [0.3, 0.4) is 0 Å². The van der Waals surface area contributed by atoms with E-state index in [9.17, 15) is 14.4 Å². The average molecular weight is 370 g/mol.